The molecule has 2 fully saturated rings. The summed E-state index contributed by atoms with van der Waals surface area (Å²) in [5.74, 6) is 0.776. The van der Waals surface area contributed by atoms with Crippen molar-refractivity contribution in [3.63, 3.8) is 0 Å². The van der Waals surface area contributed by atoms with Crippen LogP contribution in [0.3, 0.4) is 0 Å². The molecule has 1 aromatic rings. The molecule has 1 amide bonds. The molecule has 0 aromatic heterocycles. The van der Waals surface area contributed by atoms with Crippen LogP contribution in [0, 0.1) is 5.82 Å². The maximum atomic E-state index is 13.3. The molecule has 3 rings (SSSR count). The third-order valence-corrected chi connectivity index (χ3v) is 5.51. The fourth-order valence-electron chi connectivity index (χ4n) is 3.81. The van der Waals surface area contributed by atoms with Crippen LogP contribution in [-0.2, 0) is 9.53 Å². The van der Waals surface area contributed by atoms with Crippen LogP contribution in [-0.4, -0.2) is 87.7 Å². The van der Waals surface area contributed by atoms with Crippen molar-refractivity contribution < 1.29 is 13.9 Å². The van der Waals surface area contributed by atoms with Crippen molar-refractivity contribution in [2.45, 2.75) is 25.4 Å². The molecule has 1 atom stereocenters. The first kappa shape index (κ1) is 21.4. The Morgan fingerprint density at radius 3 is 2.72 bits per heavy atom. The van der Waals surface area contributed by atoms with E-state index < -0.39 is 0 Å². The number of halogens is 1. The normalized spacial score (nSPS) is 20.1. The fraction of sp³-hybridized carbons (Fsp3) is 0.619. The van der Waals surface area contributed by atoms with Crippen molar-refractivity contribution in [1.82, 2.24) is 15.1 Å². The van der Waals surface area contributed by atoms with Crippen LogP contribution in [0.1, 0.15) is 19.3 Å². The van der Waals surface area contributed by atoms with Crippen molar-refractivity contribution in [3.8, 4) is 0 Å². The quantitative estimate of drug-likeness (QED) is 0.442. The smallest absolute Gasteiger partial charge is 0.251 e. The molecule has 2 heterocycles. The second-order valence-corrected chi connectivity index (χ2v) is 7.54. The van der Waals surface area contributed by atoms with Crippen LogP contribution in [0.25, 0.3) is 0 Å². The van der Waals surface area contributed by atoms with Gasteiger partial charge in [0.2, 0.25) is 0 Å². The summed E-state index contributed by atoms with van der Waals surface area (Å²) in [6, 6.07) is 6.64. The number of nitrogens with zero attached hydrogens (tertiary/aromatic N) is 4. The van der Waals surface area contributed by atoms with Crippen LogP contribution in [0.15, 0.2) is 29.3 Å². The lowest BCUT2D eigenvalue weighted by Gasteiger charge is -2.37. The molecule has 1 aromatic carbocycles. The summed E-state index contributed by atoms with van der Waals surface area (Å²) in [4.78, 5) is 23.0. The van der Waals surface area contributed by atoms with Gasteiger partial charge in [-0.15, -0.1) is 0 Å². The molecule has 8 heteroatoms. The van der Waals surface area contributed by atoms with Crippen molar-refractivity contribution in [1.29, 1.82) is 0 Å². The van der Waals surface area contributed by atoms with Gasteiger partial charge in [-0.05, 0) is 37.5 Å². The minimum absolute atomic E-state index is 0.130. The number of amides is 1. The minimum Gasteiger partial charge on any atom is -0.374 e. The Morgan fingerprint density at radius 1 is 1.31 bits per heavy atom. The molecule has 2 aliphatic heterocycles. The summed E-state index contributed by atoms with van der Waals surface area (Å²) < 4.78 is 18.9. The number of hydrogen-bond donors (Lipinski definition) is 1. The van der Waals surface area contributed by atoms with Gasteiger partial charge >= 0.3 is 0 Å². The van der Waals surface area contributed by atoms with E-state index in [0.717, 1.165) is 57.1 Å². The molecule has 1 unspecified atom stereocenters. The first-order chi connectivity index (χ1) is 14.1. The molecule has 29 heavy (non-hydrogen) atoms. The van der Waals surface area contributed by atoms with Gasteiger partial charge in [0, 0.05) is 65.7 Å². The summed E-state index contributed by atoms with van der Waals surface area (Å²) in [5.41, 5.74) is 0.876. The number of carbonyl (C=O) groups excluding carboxylic acids is 1. The third kappa shape index (κ3) is 5.82. The summed E-state index contributed by atoms with van der Waals surface area (Å²) in [7, 11) is 3.75. The van der Waals surface area contributed by atoms with Gasteiger partial charge in [-0.25, -0.2) is 4.39 Å². The lowest BCUT2D eigenvalue weighted by atomic mass is 10.2. The maximum absolute atomic E-state index is 13.3. The summed E-state index contributed by atoms with van der Waals surface area (Å²) in [5, 5.41) is 3.40. The van der Waals surface area contributed by atoms with Crippen LogP contribution in [0.5, 0.6) is 0 Å². The summed E-state index contributed by atoms with van der Waals surface area (Å²) in [6.07, 6.45) is 2.48. The Balaban J connectivity index is 1.38. The fourth-order valence-corrected chi connectivity index (χ4v) is 3.81. The van der Waals surface area contributed by atoms with E-state index >= 15 is 0 Å². The lowest BCUT2D eigenvalue weighted by Crippen LogP contribution is -2.55. The van der Waals surface area contributed by atoms with Crippen molar-refractivity contribution in [2.75, 3.05) is 64.9 Å². The third-order valence-electron chi connectivity index (χ3n) is 5.51. The van der Waals surface area contributed by atoms with Crippen molar-refractivity contribution >= 4 is 17.6 Å². The lowest BCUT2D eigenvalue weighted by molar-refractivity contribution is -0.142. The Hall–Kier alpha value is -2.35. The van der Waals surface area contributed by atoms with Gasteiger partial charge in [0.15, 0.2) is 5.96 Å². The maximum Gasteiger partial charge on any atom is 0.251 e. The van der Waals surface area contributed by atoms with Crippen molar-refractivity contribution in [3.05, 3.63) is 30.1 Å². The van der Waals surface area contributed by atoms with Crippen LogP contribution in [0.4, 0.5) is 10.1 Å². The first-order valence-electron chi connectivity index (χ1n) is 10.4. The predicted octanol–water partition coefficient (Wildman–Crippen LogP) is 1.55. The van der Waals surface area contributed by atoms with Gasteiger partial charge < -0.3 is 24.8 Å². The highest BCUT2D eigenvalue weighted by Gasteiger charge is 2.30. The number of guanidine groups is 1. The largest absolute Gasteiger partial charge is 0.374 e. The summed E-state index contributed by atoms with van der Waals surface area (Å²) in [6.45, 7) is 5.21. The zero-order valence-electron chi connectivity index (χ0n) is 17.4. The number of anilines is 1. The molecule has 2 aliphatic rings. The number of ether oxygens (including phenoxy) is 1. The standard InChI is InChI=1S/C21H32FN5O2/c1-23-21(24-9-5-10-25(2)18-7-3-6-17(22)16-18)27-13-11-26(12-14-27)20(28)19-8-4-15-29-19/h3,6-7,16,19H,4-5,8-15H2,1-2H3,(H,23,24). The van der Waals surface area contributed by atoms with E-state index in [9.17, 15) is 9.18 Å². The van der Waals surface area contributed by atoms with Crippen LogP contribution < -0.4 is 10.2 Å². The zero-order chi connectivity index (χ0) is 20.6. The minimum atomic E-state index is -0.242. The van der Waals surface area contributed by atoms with E-state index in [1.807, 2.05) is 22.9 Å². The molecule has 0 radical (unpaired) electrons. The topological polar surface area (TPSA) is 60.4 Å². The number of nitrogens with one attached hydrogen (secondary N) is 1. The number of benzene rings is 1. The van der Waals surface area contributed by atoms with E-state index in [1.165, 1.54) is 6.07 Å². The molecular weight excluding hydrogens is 373 g/mol. The number of piperazine rings is 1. The summed E-state index contributed by atoms with van der Waals surface area (Å²) >= 11 is 0. The molecule has 7 nitrogen and oxygen atoms in total. The van der Waals surface area contributed by atoms with Gasteiger partial charge in [0.1, 0.15) is 11.9 Å². The highest BCUT2D eigenvalue weighted by Crippen LogP contribution is 2.16. The second kappa shape index (κ2) is 10.4. The van der Waals surface area contributed by atoms with Gasteiger partial charge in [-0.1, -0.05) is 6.07 Å². The highest BCUT2D eigenvalue weighted by molar-refractivity contribution is 5.82. The van der Waals surface area contributed by atoms with Gasteiger partial charge in [0.05, 0.1) is 0 Å². The first-order valence-corrected chi connectivity index (χ1v) is 10.4. The molecule has 2 saturated heterocycles. The molecule has 0 saturated carbocycles. The van der Waals surface area contributed by atoms with E-state index in [-0.39, 0.29) is 17.8 Å². The average Bonchev–Trinajstić information content (AvgIpc) is 3.28. The molecular formula is C21H32FN5O2. The molecule has 0 aliphatic carbocycles. The zero-order valence-corrected chi connectivity index (χ0v) is 17.4. The Labute approximate surface area is 172 Å². The average molecular weight is 406 g/mol. The Kier molecular flexibility index (Phi) is 7.69. The van der Waals surface area contributed by atoms with Crippen LogP contribution in [0.2, 0.25) is 0 Å². The van der Waals surface area contributed by atoms with E-state index in [0.29, 0.717) is 19.7 Å². The van der Waals surface area contributed by atoms with E-state index in [2.05, 4.69) is 15.2 Å². The van der Waals surface area contributed by atoms with Gasteiger partial charge in [-0.2, -0.15) is 0 Å². The Morgan fingerprint density at radius 2 is 2.07 bits per heavy atom. The molecule has 0 spiro atoms. The van der Waals surface area contributed by atoms with E-state index in [4.69, 9.17) is 4.74 Å². The second-order valence-electron chi connectivity index (χ2n) is 7.54. The monoisotopic (exact) mass is 405 g/mol. The van der Waals surface area contributed by atoms with Gasteiger partial charge in [0.25, 0.3) is 5.91 Å². The highest BCUT2D eigenvalue weighted by atomic mass is 19.1. The number of aliphatic imine (C=N–C) groups is 1. The molecule has 0 bridgehead atoms. The predicted molar refractivity (Wildman–Crippen MR) is 113 cm³/mol. The van der Waals surface area contributed by atoms with Gasteiger partial charge in [-0.3, -0.25) is 9.79 Å². The number of rotatable bonds is 6. The van der Waals surface area contributed by atoms with E-state index in [1.54, 1.807) is 19.2 Å². The SMILES string of the molecule is CN=C(NCCCN(C)c1cccc(F)c1)N1CCN(C(=O)C2CCCO2)CC1. The molecule has 160 valence electrons. The molecule has 1 N–H and O–H groups in total. The van der Waals surface area contributed by atoms with Crippen LogP contribution >= 0.6 is 0 Å². The van der Waals surface area contributed by atoms with Crippen molar-refractivity contribution in [2.24, 2.45) is 4.99 Å². The number of carbonyl (C=O) groups is 1. The number of hydrogen-bond acceptors (Lipinski definition) is 4. The Bertz CT molecular complexity index is 700.